The Kier molecular flexibility index (Phi) is 6.23. The second-order valence-corrected chi connectivity index (χ2v) is 6.92. The Morgan fingerprint density at radius 2 is 1.85 bits per heavy atom. The van der Waals surface area contributed by atoms with E-state index in [2.05, 4.69) is 70.8 Å². The Labute approximate surface area is 133 Å². The van der Waals surface area contributed by atoms with Crippen LogP contribution in [0.4, 0.5) is 0 Å². The van der Waals surface area contributed by atoms with Crippen molar-refractivity contribution in [3.05, 3.63) is 56.2 Å². The minimum absolute atomic E-state index is 0.279. The molecule has 2 aromatic rings. The Bertz CT molecular complexity index is 522. The summed E-state index contributed by atoms with van der Waals surface area (Å²) < 4.78 is 6.75. The molecule has 20 heavy (non-hydrogen) atoms. The molecule has 2 rings (SSSR count). The van der Waals surface area contributed by atoms with E-state index in [1.807, 2.05) is 0 Å². The minimum Gasteiger partial charge on any atom is -0.374 e. The molecule has 108 valence electrons. The SMILES string of the molecule is CC(C)OCc1ccc(CNCc2cc(Br)cs2)cc1. The summed E-state index contributed by atoms with van der Waals surface area (Å²) in [6, 6.07) is 10.8. The largest absolute Gasteiger partial charge is 0.374 e. The molecular formula is C16H20BrNOS. The van der Waals surface area contributed by atoms with Crippen LogP contribution in [-0.2, 0) is 24.4 Å². The quantitative estimate of drug-likeness (QED) is 0.776. The molecule has 1 heterocycles. The highest BCUT2D eigenvalue weighted by atomic mass is 79.9. The zero-order valence-corrected chi connectivity index (χ0v) is 14.3. The van der Waals surface area contributed by atoms with Crippen LogP contribution in [-0.4, -0.2) is 6.10 Å². The van der Waals surface area contributed by atoms with Gasteiger partial charge in [-0.05, 0) is 47.0 Å². The van der Waals surface area contributed by atoms with Crippen LogP contribution in [0.25, 0.3) is 0 Å². The summed E-state index contributed by atoms with van der Waals surface area (Å²) in [6.45, 7) is 6.60. The zero-order valence-electron chi connectivity index (χ0n) is 11.9. The number of hydrogen-bond acceptors (Lipinski definition) is 3. The predicted molar refractivity (Wildman–Crippen MR) is 88.9 cm³/mol. The van der Waals surface area contributed by atoms with Crippen LogP contribution in [0.15, 0.2) is 40.2 Å². The molecule has 0 aliphatic rings. The number of benzene rings is 1. The minimum atomic E-state index is 0.279. The van der Waals surface area contributed by atoms with Crippen LogP contribution in [0.2, 0.25) is 0 Å². The lowest BCUT2D eigenvalue weighted by Crippen LogP contribution is -2.11. The van der Waals surface area contributed by atoms with E-state index in [0.717, 1.165) is 17.6 Å². The molecular weight excluding hydrogens is 334 g/mol. The third kappa shape index (κ3) is 5.37. The van der Waals surface area contributed by atoms with E-state index >= 15 is 0 Å². The van der Waals surface area contributed by atoms with Crippen LogP contribution in [0, 0.1) is 0 Å². The lowest BCUT2D eigenvalue weighted by molar-refractivity contribution is 0.0657. The smallest absolute Gasteiger partial charge is 0.0720 e. The predicted octanol–water partition coefficient (Wildman–Crippen LogP) is 4.73. The number of thiophene rings is 1. The lowest BCUT2D eigenvalue weighted by atomic mass is 10.1. The monoisotopic (exact) mass is 353 g/mol. The van der Waals surface area contributed by atoms with Crippen molar-refractivity contribution in [3.8, 4) is 0 Å². The molecule has 0 atom stereocenters. The fraction of sp³-hybridized carbons (Fsp3) is 0.375. The van der Waals surface area contributed by atoms with Crippen LogP contribution in [0.5, 0.6) is 0 Å². The summed E-state index contributed by atoms with van der Waals surface area (Å²) in [5.74, 6) is 0. The number of rotatable bonds is 7. The van der Waals surface area contributed by atoms with Gasteiger partial charge in [-0.15, -0.1) is 11.3 Å². The van der Waals surface area contributed by atoms with Crippen LogP contribution < -0.4 is 5.32 Å². The van der Waals surface area contributed by atoms with Gasteiger partial charge < -0.3 is 10.1 Å². The second kappa shape index (κ2) is 7.93. The summed E-state index contributed by atoms with van der Waals surface area (Å²) in [5.41, 5.74) is 2.53. The first-order valence-corrected chi connectivity index (χ1v) is 8.44. The molecule has 2 nitrogen and oxygen atoms in total. The van der Waals surface area contributed by atoms with Gasteiger partial charge in [0.2, 0.25) is 0 Å². The Morgan fingerprint density at radius 3 is 2.45 bits per heavy atom. The second-order valence-electron chi connectivity index (χ2n) is 5.01. The summed E-state index contributed by atoms with van der Waals surface area (Å²) in [7, 11) is 0. The molecule has 4 heteroatoms. The van der Waals surface area contributed by atoms with Crippen molar-refractivity contribution >= 4 is 27.3 Å². The molecule has 0 spiro atoms. The number of nitrogens with one attached hydrogen (secondary N) is 1. The first-order valence-electron chi connectivity index (χ1n) is 6.76. The number of halogens is 1. The first-order chi connectivity index (χ1) is 9.63. The van der Waals surface area contributed by atoms with Crippen molar-refractivity contribution in [1.82, 2.24) is 5.32 Å². The maximum absolute atomic E-state index is 5.59. The normalized spacial score (nSPS) is 11.2. The molecule has 0 saturated heterocycles. The van der Waals surface area contributed by atoms with E-state index in [4.69, 9.17) is 4.74 Å². The molecule has 0 aliphatic heterocycles. The third-order valence-corrected chi connectivity index (χ3v) is 4.55. The molecule has 1 N–H and O–H groups in total. The molecule has 1 aromatic heterocycles. The Balaban J connectivity index is 1.76. The summed E-state index contributed by atoms with van der Waals surface area (Å²) in [6.07, 6.45) is 0.279. The number of ether oxygens (including phenoxy) is 1. The van der Waals surface area contributed by atoms with Gasteiger partial charge in [0.25, 0.3) is 0 Å². The molecule has 0 amide bonds. The molecule has 1 aromatic carbocycles. The topological polar surface area (TPSA) is 21.3 Å². The van der Waals surface area contributed by atoms with Gasteiger partial charge in [0.15, 0.2) is 0 Å². The molecule has 0 radical (unpaired) electrons. The summed E-state index contributed by atoms with van der Waals surface area (Å²) in [5, 5.41) is 5.57. The standard InChI is InChI=1S/C16H20BrNOS/c1-12(2)19-10-14-5-3-13(4-6-14)8-18-9-16-7-15(17)11-20-16/h3-7,11-12,18H,8-10H2,1-2H3. The fourth-order valence-electron chi connectivity index (χ4n) is 1.79. The van der Waals surface area contributed by atoms with Crippen molar-refractivity contribution in [1.29, 1.82) is 0 Å². The Hall–Kier alpha value is -0.680. The van der Waals surface area contributed by atoms with Crippen molar-refractivity contribution in [3.63, 3.8) is 0 Å². The molecule has 0 saturated carbocycles. The zero-order chi connectivity index (χ0) is 14.4. The van der Waals surface area contributed by atoms with Gasteiger partial charge in [0.1, 0.15) is 0 Å². The maximum Gasteiger partial charge on any atom is 0.0720 e. The van der Waals surface area contributed by atoms with Crippen molar-refractivity contribution < 1.29 is 4.74 Å². The summed E-state index contributed by atoms with van der Waals surface area (Å²) >= 11 is 5.24. The molecule has 0 bridgehead atoms. The third-order valence-electron chi connectivity index (χ3n) is 2.86. The molecule has 0 fully saturated rings. The summed E-state index contributed by atoms with van der Waals surface area (Å²) in [4.78, 5) is 1.35. The molecule has 0 aliphatic carbocycles. The van der Waals surface area contributed by atoms with E-state index in [1.165, 1.54) is 16.0 Å². The average Bonchev–Trinajstić information content (AvgIpc) is 2.83. The first kappa shape index (κ1) is 15.7. The van der Waals surface area contributed by atoms with Gasteiger partial charge in [-0.2, -0.15) is 0 Å². The van der Waals surface area contributed by atoms with Crippen LogP contribution in [0.3, 0.4) is 0 Å². The van der Waals surface area contributed by atoms with Gasteiger partial charge in [-0.25, -0.2) is 0 Å². The van der Waals surface area contributed by atoms with Crippen LogP contribution in [0.1, 0.15) is 29.9 Å². The average molecular weight is 354 g/mol. The maximum atomic E-state index is 5.59. The van der Waals surface area contributed by atoms with Crippen LogP contribution >= 0.6 is 27.3 Å². The lowest BCUT2D eigenvalue weighted by Gasteiger charge is -2.08. The van der Waals surface area contributed by atoms with Gasteiger partial charge in [-0.3, -0.25) is 0 Å². The Morgan fingerprint density at radius 1 is 1.15 bits per heavy atom. The highest BCUT2D eigenvalue weighted by Crippen LogP contribution is 2.19. The van der Waals surface area contributed by atoms with Crippen molar-refractivity contribution in [2.45, 2.75) is 39.6 Å². The highest BCUT2D eigenvalue weighted by Gasteiger charge is 1.99. The van der Waals surface area contributed by atoms with E-state index in [-0.39, 0.29) is 6.10 Å². The van der Waals surface area contributed by atoms with Crippen molar-refractivity contribution in [2.75, 3.05) is 0 Å². The van der Waals surface area contributed by atoms with E-state index in [1.54, 1.807) is 11.3 Å². The van der Waals surface area contributed by atoms with E-state index < -0.39 is 0 Å². The molecule has 0 unspecified atom stereocenters. The van der Waals surface area contributed by atoms with Crippen molar-refractivity contribution in [2.24, 2.45) is 0 Å². The highest BCUT2D eigenvalue weighted by molar-refractivity contribution is 9.10. The van der Waals surface area contributed by atoms with Gasteiger partial charge in [-0.1, -0.05) is 24.3 Å². The van der Waals surface area contributed by atoms with Gasteiger partial charge in [0.05, 0.1) is 12.7 Å². The van der Waals surface area contributed by atoms with E-state index in [0.29, 0.717) is 6.61 Å². The van der Waals surface area contributed by atoms with Gasteiger partial charge >= 0.3 is 0 Å². The number of hydrogen-bond donors (Lipinski definition) is 1. The van der Waals surface area contributed by atoms with E-state index in [9.17, 15) is 0 Å². The fourth-order valence-corrected chi connectivity index (χ4v) is 3.21. The van der Waals surface area contributed by atoms with Gasteiger partial charge in [0, 0.05) is 27.8 Å².